The second-order valence-corrected chi connectivity index (χ2v) is 9.44. The monoisotopic (exact) mass is 402 g/mol. The molecule has 2 aromatic rings. The fourth-order valence-corrected chi connectivity index (χ4v) is 5.68. The Morgan fingerprint density at radius 2 is 1.75 bits per heavy atom. The van der Waals surface area contributed by atoms with Gasteiger partial charge in [-0.2, -0.15) is 4.31 Å². The Hall–Kier alpha value is -2.29. The number of nitrogens with zero attached hydrogens (tertiary/aromatic N) is 2. The van der Waals surface area contributed by atoms with Crippen LogP contribution in [0.5, 0.6) is 0 Å². The van der Waals surface area contributed by atoms with Gasteiger partial charge in [0.15, 0.2) is 0 Å². The van der Waals surface area contributed by atoms with Crippen LogP contribution in [0.4, 0.5) is 5.69 Å². The minimum Gasteiger partial charge on any atom is -0.329 e. The lowest BCUT2D eigenvalue weighted by molar-refractivity contribution is -0.917. The van der Waals surface area contributed by atoms with E-state index in [4.69, 9.17) is 0 Å². The predicted molar refractivity (Wildman–Crippen MR) is 105 cm³/mol. The summed E-state index contributed by atoms with van der Waals surface area (Å²) >= 11 is 0. The van der Waals surface area contributed by atoms with E-state index in [0.29, 0.717) is 43.2 Å². The third kappa shape index (κ3) is 3.67. The standard InChI is InChI=1S/C20H23N3O4S/c24-23(25)20-7-2-1-4-18(20)15-21-10-12-22(13-11-21)28(26,27)19-9-8-16-5-3-6-17(16)14-19/h1-2,4,7-9,14H,3,5-6,10-13,15H2/p+1. The molecule has 0 saturated carbocycles. The van der Waals surface area contributed by atoms with E-state index in [0.717, 1.165) is 29.7 Å². The molecule has 1 N–H and O–H groups in total. The van der Waals surface area contributed by atoms with Crippen LogP contribution in [-0.4, -0.2) is 43.8 Å². The molecule has 0 unspecified atom stereocenters. The number of piperazine rings is 1. The van der Waals surface area contributed by atoms with Gasteiger partial charge in [-0.3, -0.25) is 10.1 Å². The average molecular weight is 402 g/mol. The van der Waals surface area contributed by atoms with Crippen molar-refractivity contribution in [1.82, 2.24) is 4.31 Å². The first-order valence-corrected chi connectivity index (χ1v) is 11.1. The molecule has 0 bridgehead atoms. The zero-order chi connectivity index (χ0) is 19.7. The molecule has 4 rings (SSSR count). The van der Waals surface area contributed by atoms with E-state index in [2.05, 4.69) is 0 Å². The molecule has 1 aliphatic carbocycles. The van der Waals surface area contributed by atoms with Crippen LogP contribution >= 0.6 is 0 Å². The summed E-state index contributed by atoms with van der Waals surface area (Å²) in [5, 5.41) is 11.2. The highest BCUT2D eigenvalue weighted by molar-refractivity contribution is 7.89. The lowest BCUT2D eigenvalue weighted by Crippen LogP contribution is -3.13. The van der Waals surface area contributed by atoms with Gasteiger partial charge >= 0.3 is 0 Å². The minimum atomic E-state index is -3.49. The van der Waals surface area contributed by atoms with Crippen LogP contribution in [0, 0.1) is 10.1 Å². The largest absolute Gasteiger partial charge is 0.329 e. The molecule has 1 heterocycles. The fraction of sp³-hybridized carbons (Fsp3) is 0.400. The van der Waals surface area contributed by atoms with Gasteiger partial charge in [-0.05, 0) is 48.6 Å². The number of benzene rings is 2. The van der Waals surface area contributed by atoms with Crippen molar-refractivity contribution < 1.29 is 18.2 Å². The maximum absolute atomic E-state index is 13.0. The second kappa shape index (κ2) is 7.62. The van der Waals surface area contributed by atoms with Gasteiger partial charge in [0.05, 0.1) is 41.6 Å². The predicted octanol–water partition coefficient (Wildman–Crippen LogP) is 1.17. The van der Waals surface area contributed by atoms with Crippen LogP contribution in [0.1, 0.15) is 23.1 Å². The molecule has 0 atom stereocenters. The molecule has 1 saturated heterocycles. The Bertz CT molecular complexity index is 998. The summed E-state index contributed by atoms with van der Waals surface area (Å²) < 4.78 is 27.6. The Morgan fingerprint density at radius 1 is 1.04 bits per heavy atom. The number of sulfonamides is 1. The molecule has 0 amide bonds. The third-order valence-electron chi connectivity index (χ3n) is 5.77. The van der Waals surface area contributed by atoms with Crippen molar-refractivity contribution in [3.8, 4) is 0 Å². The van der Waals surface area contributed by atoms with Gasteiger partial charge in [0.1, 0.15) is 6.54 Å². The zero-order valence-corrected chi connectivity index (χ0v) is 16.5. The lowest BCUT2D eigenvalue weighted by Gasteiger charge is -2.31. The number of para-hydroxylation sites is 1. The summed E-state index contributed by atoms with van der Waals surface area (Å²) in [4.78, 5) is 12.4. The highest BCUT2D eigenvalue weighted by Gasteiger charge is 2.31. The number of fused-ring (bicyclic) bond motifs is 1. The number of nitro benzene ring substituents is 1. The Kier molecular flexibility index (Phi) is 5.18. The van der Waals surface area contributed by atoms with Crippen molar-refractivity contribution in [2.24, 2.45) is 0 Å². The second-order valence-electron chi connectivity index (χ2n) is 7.50. The van der Waals surface area contributed by atoms with E-state index < -0.39 is 10.0 Å². The van der Waals surface area contributed by atoms with Crippen LogP contribution in [0.25, 0.3) is 0 Å². The van der Waals surface area contributed by atoms with E-state index >= 15 is 0 Å². The maximum Gasteiger partial charge on any atom is 0.278 e. The number of aryl methyl sites for hydroxylation is 2. The van der Waals surface area contributed by atoms with E-state index in [1.807, 2.05) is 12.1 Å². The molecule has 148 valence electrons. The first kappa shape index (κ1) is 19.0. The van der Waals surface area contributed by atoms with E-state index in [1.54, 1.807) is 28.6 Å². The quantitative estimate of drug-likeness (QED) is 0.601. The van der Waals surface area contributed by atoms with E-state index in [1.165, 1.54) is 11.6 Å². The number of rotatable bonds is 5. The zero-order valence-electron chi connectivity index (χ0n) is 15.6. The van der Waals surface area contributed by atoms with E-state index in [-0.39, 0.29) is 10.6 Å². The van der Waals surface area contributed by atoms with Crippen LogP contribution < -0.4 is 4.90 Å². The van der Waals surface area contributed by atoms with Gasteiger partial charge in [-0.15, -0.1) is 0 Å². The number of hydrogen-bond acceptors (Lipinski definition) is 4. The van der Waals surface area contributed by atoms with Gasteiger partial charge in [0, 0.05) is 6.07 Å². The minimum absolute atomic E-state index is 0.128. The molecule has 28 heavy (non-hydrogen) atoms. The van der Waals surface area contributed by atoms with Crippen molar-refractivity contribution >= 4 is 15.7 Å². The van der Waals surface area contributed by atoms with Crippen LogP contribution in [0.15, 0.2) is 47.4 Å². The Morgan fingerprint density at radius 3 is 2.50 bits per heavy atom. The summed E-state index contributed by atoms with van der Waals surface area (Å²) in [5.74, 6) is 0. The molecule has 0 spiro atoms. The number of hydrogen-bond donors (Lipinski definition) is 1. The van der Waals surface area contributed by atoms with Gasteiger partial charge in [-0.1, -0.05) is 18.2 Å². The lowest BCUT2D eigenvalue weighted by atomic mass is 10.1. The highest BCUT2D eigenvalue weighted by Crippen LogP contribution is 2.26. The summed E-state index contributed by atoms with van der Waals surface area (Å²) in [7, 11) is -3.49. The smallest absolute Gasteiger partial charge is 0.278 e. The molecule has 7 nitrogen and oxygen atoms in total. The topological polar surface area (TPSA) is 85.0 Å². The summed E-state index contributed by atoms with van der Waals surface area (Å²) in [6.45, 7) is 2.65. The van der Waals surface area contributed by atoms with Crippen molar-refractivity contribution in [3.05, 3.63) is 69.3 Å². The summed E-state index contributed by atoms with van der Waals surface area (Å²) in [6, 6.07) is 12.3. The van der Waals surface area contributed by atoms with Gasteiger partial charge in [-0.25, -0.2) is 8.42 Å². The molecular weight excluding hydrogens is 378 g/mol. The fourth-order valence-electron chi connectivity index (χ4n) is 4.19. The van der Waals surface area contributed by atoms with Crippen molar-refractivity contribution in [2.75, 3.05) is 26.2 Å². The molecular formula is C20H24N3O4S+. The van der Waals surface area contributed by atoms with Gasteiger partial charge in [0.25, 0.3) is 5.69 Å². The average Bonchev–Trinajstić information content (AvgIpc) is 3.16. The molecule has 1 fully saturated rings. The highest BCUT2D eigenvalue weighted by atomic mass is 32.2. The SMILES string of the molecule is O=[N+]([O-])c1ccccc1C[NH+]1CCN(S(=O)(=O)c2ccc3c(c2)CCC3)CC1. The summed E-state index contributed by atoms with van der Waals surface area (Å²) in [6.07, 6.45) is 3.07. The number of nitro groups is 1. The Balaban J connectivity index is 1.43. The summed E-state index contributed by atoms with van der Waals surface area (Å²) in [5.41, 5.74) is 3.24. The van der Waals surface area contributed by atoms with Crippen molar-refractivity contribution in [1.29, 1.82) is 0 Å². The normalized spacial score (nSPS) is 18.1. The molecule has 0 radical (unpaired) electrons. The molecule has 8 heteroatoms. The third-order valence-corrected chi connectivity index (χ3v) is 7.66. The van der Waals surface area contributed by atoms with Crippen molar-refractivity contribution in [3.63, 3.8) is 0 Å². The van der Waals surface area contributed by atoms with Crippen LogP contribution in [-0.2, 0) is 29.4 Å². The van der Waals surface area contributed by atoms with Gasteiger partial charge < -0.3 is 4.90 Å². The Labute approximate surface area is 164 Å². The first-order chi connectivity index (χ1) is 13.4. The molecule has 2 aliphatic rings. The van der Waals surface area contributed by atoms with Gasteiger partial charge in [0.2, 0.25) is 10.0 Å². The maximum atomic E-state index is 13.0. The van der Waals surface area contributed by atoms with Crippen LogP contribution in [0.2, 0.25) is 0 Å². The number of nitrogens with one attached hydrogen (secondary N) is 1. The molecule has 1 aliphatic heterocycles. The molecule has 0 aromatic heterocycles. The van der Waals surface area contributed by atoms with E-state index in [9.17, 15) is 18.5 Å². The van der Waals surface area contributed by atoms with Crippen LogP contribution in [0.3, 0.4) is 0 Å². The first-order valence-electron chi connectivity index (χ1n) is 9.63. The number of quaternary nitrogens is 1. The van der Waals surface area contributed by atoms with Crippen molar-refractivity contribution in [2.45, 2.75) is 30.7 Å². The molecule has 2 aromatic carbocycles.